The summed E-state index contributed by atoms with van der Waals surface area (Å²) in [5.74, 6) is -0.390. The number of hydrogen-bond donors (Lipinski definition) is 3. The van der Waals surface area contributed by atoms with E-state index in [0.29, 0.717) is 16.6 Å². The van der Waals surface area contributed by atoms with Crippen molar-refractivity contribution in [1.82, 2.24) is 4.98 Å². The molecule has 1 fully saturated rings. The summed E-state index contributed by atoms with van der Waals surface area (Å²) in [6.45, 7) is 14.2. The van der Waals surface area contributed by atoms with Gasteiger partial charge in [0.1, 0.15) is 11.3 Å². The molecule has 3 N–H and O–H groups in total. The first kappa shape index (κ1) is 25.5. The molecule has 0 saturated carbocycles. The molecular formula is C28H36N2O4. The lowest BCUT2D eigenvalue weighted by Crippen LogP contribution is -2.25. The van der Waals surface area contributed by atoms with E-state index >= 15 is 0 Å². The third-order valence-corrected chi connectivity index (χ3v) is 5.86. The van der Waals surface area contributed by atoms with E-state index in [1.165, 1.54) is 19.0 Å². The van der Waals surface area contributed by atoms with Gasteiger partial charge in [0.15, 0.2) is 0 Å². The number of benzene rings is 2. The Hall–Kier alpha value is -3.12. The number of fused-ring (bicyclic) bond motifs is 1. The van der Waals surface area contributed by atoms with Crippen LogP contribution in [0.1, 0.15) is 75.9 Å². The maximum atomic E-state index is 12.9. The first-order valence-corrected chi connectivity index (χ1v) is 11.8. The molecule has 1 amide bonds. The molecule has 182 valence electrons. The number of rotatable bonds is 2. The molecule has 0 atom stereocenters. The zero-order valence-electron chi connectivity index (χ0n) is 21.0. The normalized spacial score (nSPS) is 13.9. The van der Waals surface area contributed by atoms with Crippen LogP contribution in [0.5, 0.6) is 5.75 Å². The number of aromatic amines is 1. The first-order valence-electron chi connectivity index (χ1n) is 11.8. The summed E-state index contributed by atoms with van der Waals surface area (Å²) < 4.78 is 4.94. The molecule has 1 aromatic heterocycles. The molecule has 0 spiro atoms. The summed E-state index contributed by atoms with van der Waals surface area (Å²) in [5, 5.41) is 13.9. The van der Waals surface area contributed by atoms with E-state index in [9.17, 15) is 14.7 Å². The average molecular weight is 465 g/mol. The summed E-state index contributed by atoms with van der Waals surface area (Å²) in [5.41, 5.74) is 2.06. The third-order valence-electron chi connectivity index (χ3n) is 5.86. The number of pyridine rings is 1. The molecule has 0 unspecified atom stereocenters. The van der Waals surface area contributed by atoms with Crippen LogP contribution in [0.2, 0.25) is 0 Å². The number of anilines is 1. The van der Waals surface area contributed by atoms with Gasteiger partial charge < -0.3 is 20.1 Å². The van der Waals surface area contributed by atoms with Crippen LogP contribution >= 0.6 is 0 Å². The Balaban J connectivity index is 0.000000574. The monoisotopic (exact) mass is 464 g/mol. The van der Waals surface area contributed by atoms with Gasteiger partial charge in [-0.15, -0.1) is 0 Å². The number of nitrogens with one attached hydrogen (secondary N) is 2. The summed E-state index contributed by atoms with van der Waals surface area (Å²) in [6.07, 6.45) is 3.99. The highest BCUT2D eigenvalue weighted by Gasteiger charge is 2.26. The highest BCUT2D eigenvalue weighted by molar-refractivity contribution is 6.06. The predicted octanol–water partition coefficient (Wildman–Crippen LogP) is 5.88. The molecule has 0 aliphatic carbocycles. The first-order chi connectivity index (χ1) is 15.9. The van der Waals surface area contributed by atoms with Crippen molar-refractivity contribution in [3.63, 3.8) is 0 Å². The number of para-hydroxylation sites is 1. The Morgan fingerprint density at radius 3 is 2.15 bits per heavy atom. The molecule has 2 heterocycles. The van der Waals surface area contributed by atoms with Crippen LogP contribution in [0.25, 0.3) is 10.9 Å². The van der Waals surface area contributed by atoms with E-state index in [1.807, 2.05) is 53.7 Å². The van der Waals surface area contributed by atoms with Gasteiger partial charge in [0.2, 0.25) is 5.43 Å². The Morgan fingerprint density at radius 2 is 1.59 bits per heavy atom. The minimum Gasteiger partial charge on any atom is -0.508 e. The van der Waals surface area contributed by atoms with E-state index in [0.717, 1.165) is 24.3 Å². The molecule has 1 aliphatic rings. The Labute approximate surface area is 201 Å². The maximum Gasteiger partial charge on any atom is 0.261 e. The number of carbonyl (C=O) groups excluding carboxylic acids is 1. The smallest absolute Gasteiger partial charge is 0.261 e. The minimum absolute atomic E-state index is 0.0305. The minimum atomic E-state index is -0.509. The van der Waals surface area contributed by atoms with Crippen molar-refractivity contribution in [2.45, 2.75) is 65.2 Å². The van der Waals surface area contributed by atoms with Crippen molar-refractivity contribution < 1.29 is 14.6 Å². The third kappa shape index (κ3) is 5.86. The van der Waals surface area contributed by atoms with Crippen molar-refractivity contribution in [3.05, 3.63) is 69.5 Å². The Bertz CT molecular complexity index is 1220. The van der Waals surface area contributed by atoms with Crippen molar-refractivity contribution in [1.29, 1.82) is 0 Å². The van der Waals surface area contributed by atoms with Crippen LogP contribution in [0.3, 0.4) is 0 Å². The van der Waals surface area contributed by atoms with Gasteiger partial charge in [-0.2, -0.15) is 0 Å². The van der Waals surface area contributed by atoms with Gasteiger partial charge in [0.25, 0.3) is 5.91 Å². The number of phenolic OH excluding ortho intramolecular Hbond substituents is 1. The van der Waals surface area contributed by atoms with Crippen molar-refractivity contribution in [3.8, 4) is 5.75 Å². The van der Waals surface area contributed by atoms with Crippen LogP contribution in [0.15, 0.2) is 47.4 Å². The quantitative estimate of drug-likeness (QED) is 0.442. The molecular weight excluding hydrogens is 428 g/mol. The number of ether oxygens (including phenoxy) is 1. The SMILES string of the molecule is C1CCOC1.CC(C)(C)c1cc(C(C)(C)C)c(NC(=O)c2c[nH]c3ccccc3c2=O)cc1O. The largest absolute Gasteiger partial charge is 0.508 e. The summed E-state index contributed by atoms with van der Waals surface area (Å²) >= 11 is 0. The van der Waals surface area contributed by atoms with Gasteiger partial charge in [0.05, 0.1) is 0 Å². The molecule has 1 aliphatic heterocycles. The van der Waals surface area contributed by atoms with Crippen LogP contribution in [-0.4, -0.2) is 29.2 Å². The number of hydrogen-bond acceptors (Lipinski definition) is 4. The van der Waals surface area contributed by atoms with Gasteiger partial charge in [-0.05, 0) is 53.0 Å². The van der Waals surface area contributed by atoms with E-state index in [1.54, 1.807) is 24.3 Å². The molecule has 0 bridgehead atoms. The maximum absolute atomic E-state index is 12.9. The molecule has 34 heavy (non-hydrogen) atoms. The van der Waals surface area contributed by atoms with E-state index in [-0.39, 0.29) is 27.6 Å². The molecule has 6 heteroatoms. The van der Waals surface area contributed by atoms with Gasteiger partial charge in [0, 0.05) is 42.1 Å². The lowest BCUT2D eigenvalue weighted by molar-refractivity contribution is 0.102. The van der Waals surface area contributed by atoms with Gasteiger partial charge in [-0.3, -0.25) is 9.59 Å². The lowest BCUT2D eigenvalue weighted by Gasteiger charge is -2.28. The van der Waals surface area contributed by atoms with Crippen LogP contribution < -0.4 is 10.7 Å². The number of carbonyl (C=O) groups is 1. The topological polar surface area (TPSA) is 91.4 Å². The van der Waals surface area contributed by atoms with Gasteiger partial charge in [-0.25, -0.2) is 0 Å². The average Bonchev–Trinajstić information content (AvgIpc) is 3.32. The van der Waals surface area contributed by atoms with Crippen LogP contribution in [0.4, 0.5) is 5.69 Å². The summed E-state index contributed by atoms with van der Waals surface area (Å²) in [6, 6.07) is 10.6. The molecule has 0 radical (unpaired) electrons. The lowest BCUT2D eigenvalue weighted by atomic mass is 9.79. The van der Waals surface area contributed by atoms with E-state index in [2.05, 4.69) is 10.3 Å². The second kappa shape index (κ2) is 10.0. The molecule has 4 rings (SSSR count). The number of phenols is 1. The fraction of sp³-hybridized carbons (Fsp3) is 0.429. The van der Waals surface area contributed by atoms with Crippen molar-refractivity contribution in [2.24, 2.45) is 0 Å². The molecule has 6 nitrogen and oxygen atoms in total. The molecule has 1 saturated heterocycles. The fourth-order valence-electron chi connectivity index (χ4n) is 3.95. The zero-order chi connectivity index (χ0) is 25.1. The standard InChI is InChI=1S/C24H28N2O3.C4H8O/c1-23(2,3)16-11-17(24(4,5)6)20(27)12-19(16)26-22(29)15-13-25-18-10-8-7-9-14(18)21(15)28;1-2-4-5-3-1/h7-13,27H,1-6H3,(H,25,28)(H,26,29);1-4H2. The van der Waals surface area contributed by atoms with Crippen LogP contribution in [-0.2, 0) is 15.6 Å². The van der Waals surface area contributed by atoms with E-state index < -0.39 is 5.91 Å². The van der Waals surface area contributed by atoms with Crippen LogP contribution in [0, 0.1) is 0 Å². The number of H-pyrrole nitrogens is 1. The second-order valence-electron chi connectivity index (χ2n) is 10.8. The molecule has 2 aromatic carbocycles. The molecule has 3 aromatic rings. The second-order valence-corrected chi connectivity index (χ2v) is 10.8. The highest BCUT2D eigenvalue weighted by atomic mass is 16.5. The van der Waals surface area contributed by atoms with Gasteiger partial charge in [-0.1, -0.05) is 53.7 Å². The Kier molecular flexibility index (Phi) is 7.51. The summed E-state index contributed by atoms with van der Waals surface area (Å²) in [7, 11) is 0. The van der Waals surface area contributed by atoms with Gasteiger partial charge >= 0.3 is 0 Å². The summed E-state index contributed by atoms with van der Waals surface area (Å²) in [4.78, 5) is 28.7. The zero-order valence-corrected chi connectivity index (χ0v) is 21.0. The number of aromatic hydroxyl groups is 1. The number of aromatic nitrogens is 1. The van der Waals surface area contributed by atoms with Crippen molar-refractivity contribution in [2.75, 3.05) is 18.5 Å². The fourth-order valence-corrected chi connectivity index (χ4v) is 3.95. The van der Waals surface area contributed by atoms with E-state index in [4.69, 9.17) is 4.74 Å². The Morgan fingerprint density at radius 1 is 0.971 bits per heavy atom. The van der Waals surface area contributed by atoms with Crippen molar-refractivity contribution >= 4 is 22.5 Å². The number of amides is 1. The predicted molar refractivity (Wildman–Crippen MR) is 138 cm³/mol. The highest BCUT2D eigenvalue weighted by Crippen LogP contribution is 2.39.